The van der Waals surface area contributed by atoms with E-state index in [0.29, 0.717) is 11.7 Å². The van der Waals surface area contributed by atoms with Crippen molar-refractivity contribution in [1.82, 2.24) is 14.9 Å². The van der Waals surface area contributed by atoms with Crippen LogP contribution in [0.1, 0.15) is 13.3 Å². The first kappa shape index (κ1) is 11.7. The third-order valence-electron chi connectivity index (χ3n) is 2.13. The highest BCUT2D eigenvalue weighted by atomic mass is 15.1. The minimum Gasteiger partial charge on any atom is -0.394 e. The van der Waals surface area contributed by atoms with Crippen LogP contribution in [0.15, 0.2) is 12.5 Å². The number of nitrogens with zero attached hydrogens (tertiary/aromatic N) is 3. The van der Waals surface area contributed by atoms with E-state index in [-0.39, 0.29) is 0 Å². The van der Waals surface area contributed by atoms with E-state index >= 15 is 0 Å². The molecule has 1 aromatic heterocycles. The fourth-order valence-electron chi connectivity index (χ4n) is 1.22. The number of nitrogens with two attached hydrogens (primary N) is 1. The van der Waals surface area contributed by atoms with Crippen LogP contribution in [0.2, 0.25) is 0 Å². The van der Waals surface area contributed by atoms with Crippen LogP contribution in [0.4, 0.5) is 11.5 Å². The summed E-state index contributed by atoms with van der Waals surface area (Å²) in [6.07, 6.45) is 4.15. The zero-order valence-corrected chi connectivity index (χ0v) is 9.57. The van der Waals surface area contributed by atoms with Crippen LogP contribution in [0.3, 0.4) is 0 Å². The highest BCUT2D eigenvalue weighted by Crippen LogP contribution is 2.13. The fourth-order valence-corrected chi connectivity index (χ4v) is 1.22. The number of nitrogens with one attached hydrogen (secondary N) is 1. The summed E-state index contributed by atoms with van der Waals surface area (Å²) in [7, 11) is 4.12. The summed E-state index contributed by atoms with van der Waals surface area (Å²) in [6, 6.07) is 0.351. The molecule has 0 bridgehead atoms. The predicted octanol–water partition coefficient (Wildman–Crippen LogP) is 0.811. The van der Waals surface area contributed by atoms with E-state index in [1.807, 2.05) is 0 Å². The van der Waals surface area contributed by atoms with E-state index in [1.54, 1.807) is 6.20 Å². The van der Waals surface area contributed by atoms with Gasteiger partial charge in [0.1, 0.15) is 6.33 Å². The van der Waals surface area contributed by atoms with Gasteiger partial charge in [-0.2, -0.15) is 0 Å². The Bertz CT molecular complexity index is 300. The zero-order valence-electron chi connectivity index (χ0n) is 9.57. The van der Waals surface area contributed by atoms with E-state index < -0.39 is 0 Å². The van der Waals surface area contributed by atoms with E-state index in [1.165, 1.54) is 6.33 Å². The Labute approximate surface area is 90.7 Å². The van der Waals surface area contributed by atoms with Crippen molar-refractivity contribution in [3.8, 4) is 0 Å². The second-order valence-electron chi connectivity index (χ2n) is 3.96. The van der Waals surface area contributed by atoms with Gasteiger partial charge in [0.15, 0.2) is 5.82 Å². The van der Waals surface area contributed by atoms with Gasteiger partial charge < -0.3 is 16.0 Å². The molecule has 1 heterocycles. The van der Waals surface area contributed by atoms with Crippen molar-refractivity contribution in [1.29, 1.82) is 0 Å². The molecule has 15 heavy (non-hydrogen) atoms. The van der Waals surface area contributed by atoms with E-state index in [0.717, 1.165) is 18.8 Å². The molecule has 3 N–H and O–H groups in total. The van der Waals surface area contributed by atoms with Gasteiger partial charge in [0, 0.05) is 6.04 Å². The first-order valence-electron chi connectivity index (χ1n) is 5.06. The van der Waals surface area contributed by atoms with Gasteiger partial charge in [-0.1, -0.05) is 0 Å². The molecule has 1 rings (SSSR count). The van der Waals surface area contributed by atoms with Crippen molar-refractivity contribution in [2.75, 3.05) is 31.7 Å². The molecule has 0 aromatic carbocycles. The van der Waals surface area contributed by atoms with Gasteiger partial charge >= 0.3 is 0 Å². The van der Waals surface area contributed by atoms with E-state index in [2.05, 4.69) is 41.2 Å². The largest absolute Gasteiger partial charge is 0.394 e. The molecule has 84 valence electrons. The van der Waals surface area contributed by atoms with E-state index in [9.17, 15) is 0 Å². The highest BCUT2D eigenvalue weighted by Gasteiger charge is 2.05. The van der Waals surface area contributed by atoms with Crippen LogP contribution in [0.25, 0.3) is 0 Å². The van der Waals surface area contributed by atoms with Crippen LogP contribution < -0.4 is 11.1 Å². The number of aromatic nitrogens is 2. The van der Waals surface area contributed by atoms with Crippen molar-refractivity contribution in [3.63, 3.8) is 0 Å². The SMILES string of the molecule is CC(CCN(C)C)Nc1ncncc1N. The molecule has 1 aromatic rings. The number of nitrogen functional groups attached to an aromatic ring is 1. The molecule has 5 nitrogen and oxygen atoms in total. The van der Waals surface area contributed by atoms with Crippen molar-refractivity contribution >= 4 is 11.5 Å². The molecule has 0 aliphatic carbocycles. The minimum atomic E-state index is 0.351. The van der Waals surface area contributed by atoms with Crippen LogP contribution in [0.5, 0.6) is 0 Å². The van der Waals surface area contributed by atoms with Crippen molar-refractivity contribution in [3.05, 3.63) is 12.5 Å². The summed E-state index contributed by atoms with van der Waals surface area (Å²) in [5, 5.41) is 3.26. The summed E-state index contributed by atoms with van der Waals surface area (Å²) in [5.41, 5.74) is 6.32. The van der Waals surface area contributed by atoms with Gasteiger partial charge in [0.05, 0.1) is 11.9 Å². The number of hydrogen-bond acceptors (Lipinski definition) is 5. The average molecular weight is 209 g/mol. The molecule has 1 unspecified atom stereocenters. The third-order valence-corrected chi connectivity index (χ3v) is 2.13. The Hall–Kier alpha value is -1.36. The third kappa shape index (κ3) is 4.12. The Morgan fingerprint density at radius 2 is 2.27 bits per heavy atom. The molecule has 0 aliphatic rings. The Morgan fingerprint density at radius 3 is 2.87 bits per heavy atom. The molecule has 0 amide bonds. The molecular weight excluding hydrogens is 190 g/mol. The summed E-state index contributed by atoms with van der Waals surface area (Å²) in [6.45, 7) is 3.16. The van der Waals surface area contributed by atoms with Crippen LogP contribution >= 0.6 is 0 Å². The van der Waals surface area contributed by atoms with E-state index in [4.69, 9.17) is 5.73 Å². The van der Waals surface area contributed by atoms with Crippen molar-refractivity contribution < 1.29 is 0 Å². The quantitative estimate of drug-likeness (QED) is 0.751. The summed E-state index contributed by atoms with van der Waals surface area (Å²) in [5.74, 6) is 0.719. The van der Waals surface area contributed by atoms with Gasteiger partial charge in [-0.3, -0.25) is 0 Å². The first-order valence-corrected chi connectivity index (χ1v) is 5.06. The lowest BCUT2D eigenvalue weighted by Gasteiger charge is -2.17. The molecule has 0 saturated heterocycles. The van der Waals surface area contributed by atoms with Crippen molar-refractivity contribution in [2.45, 2.75) is 19.4 Å². The molecule has 5 heteroatoms. The predicted molar refractivity (Wildman–Crippen MR) is 62.7 cm³/mol. The summed E-state index contributed by atoms with van der Waals surface area (Å²) >= 11 is 0. The first-order chi connectivity index (χ1) is 7.09. The van der Waals surface area contributed by atoms with Crippen LogP contribution in [-0.2, 0) is 0 Å². The minimum absolute atomic E-state index is 0.351. The summed E-state index contributed by atoms with van der Waals surface area (Å²) in [4.78, 5) is 10.1. The molecule has 0 saturated carbocycles. The summed E-state index contributed by atoms with van der Waals surface area (Å²) < 4.78 is 0. The lowest BCUT2D eigenvalue weighted by atomic mass is 10.2. The lowest BCUT2D eigenvalue weighted by molar-refractivity contribution is 0.390. The molecular formula is C10H19N5. The average Bonchev–Trinajstić information content (AvgIpc) is 2.18. The molecule has 1 atom stereocenters. The number of rotatable bonds is 5. The standard InChI is InChI=1S/C10H19N5/c1-8(4-5-15(2)3)14-10-9(11)6-12-7-13-10/h6-8H,4-5,11H2,1-3H3,(H,12,13,14). The number of anilines is 2. The molecule has 0 spiro atoms. The second-order valence-corrected chi connectivity index (χ2v) is 3.96. The maximum Gasteiger partial charge on any atom is 0.152 e. The number of hydrogen-bond donors (Lipinski definition) is 2. The lowest BCUT2D eigenvalue weighted by Crippen LogP contribution is -2.23. The molecule has 0 fully saturated rings. The molecule has 0 radical (unpaired) electrons. The molecule has 0 aliphatic heterocycles. The zero-order chi connectivity index (χ0) is 11.3. The maximum atomic E-state index is 5.73. The fraction of sp³-hybridized carbons (Fsp3) is 0.600. The van der Waals surface area contributed by atoms with Gasteiger partial charge in [-0.15, -0.1) is 0 Å². The van der Waals surface area contributed by atoms with Crippen LogP contribution in [0, 0.1) is 0 Å². The van der Waals surface area contributed by atoms with Crippen LogP contribution in [-0.4, -0.2) is 41.5 Å². The Kier molecular flexibility index (Phi) is 4.30. The smallest absolute Gasteiger partial charge is 0.152 e. The van der Waals surface area contributed by atoms with Gasteiger partial charge in [0.25, 0.3) is 0 Å². The maximum absolute atomic E-state index is 5.73. The monoisotopic (exact) mass is 209 g/mol. The van der Waals surface area contributed by atoms with Crippen molar-refractivity contribution in [2.24, 2.45) is 0 Å². The second kappa shape index (κ2) is 5.50. The van der Waals surface area contributed by atoms with Gasteiger partial charge in [0.2, 0.25) is 0 Å². The normalized spacial score (nSPS) is 12.8. The Balaban J connectivity index is 2.44. The highest BCUT2D eigenvalue weighted by molar-refractivity contribution is 5.59. The topological polar surface area (TPSA) is 67.1 Å². The Morgan fingerprint density at radius 1 is 1.53 bits per heavy atom. The van der Waals surface area contributed by atoms with Gasteiger partial charge in [-0.05, 0) is 34.0 Å². The van der Waals surface area contributed by atoms with Gasteiger partial charge in [-0.25, -0.2) is 9.97 Å².